The summed E-state index contributed by atoms with van der Waals surface area (Å²) in [5.41, 5.74) is 0.896. The summed E-state index contributed by atoms with van der Waals surface area (Å²) in [4.78, 5) is 26.1. The van der Waals surface area contributed by atoms with Crippen LogP contribution in [0, 0.1) is 0 Å². The van der Waals surface area contributed by atoms with Crippen molar-refractivity contribution in [2.45, 2.75) is 0 Å². The fourth-order valence-electron chi connectivity index (χ4n) is 2.42. The predicted octanol–water partition coefficient (Wildman–Crippen LogP) is 3.08. The summed E-state index contributed by atoms with van der Waals surface area (Å²) < 4.78 is 15.4. The molecule has 27 heavy (non-hydrogen) atoms. The lowest BCUT2D eigenvalue weighted by molar-refractivity contribution is -0.116. The molecule has 7 nitrogen and oxygen atoms in total. The first-order valence-corrected chi connectivity index (χ1v) is 8.38. The van der Waals surface area contributed by atoms with Crippen molar-refractivity contribution in [3.8, 4) is 17.2 Å². The van der Waals surface area contributed by atoms with Crippen LogP contribution >= 0.6 is 11.6 Å². The number of amides is 2. The van der Waals surface area contributed by atoms with Gasteiger partial charge in [0.15, 0.2) is 11.5 Å². The molecule has 0 aromatic heterocycles. The van der Waals surface area contributed by atoms with Gasteiger partial charge in [-0.05, 0) is 36.4 Å². The smallest absolute Gasteiger partial charge is 0.254 e. The largest absolute Gasteiger partial charge is 0.497 e. The van der Waals surface area contributed by atoms with E-state index in [1.165, 1.54) is 38.3 Å². The van der Waals surface area contributed by atoms with E-state index in [1.54, 1.807) is 31.4 Å². The highest BCUT2D eigenvalue weighted by molar-refractivity contribution is 6.32. The average molecular weight is 393 g/mol. The molecule has 0 radical (unpaired) electrons. The van der Waals surface area contributed by atoms with Gasteiger partial charge in [0, 0.05) is 18.3 Å². The highest BCUT2D eigenvalue weighted by Crippen LogP contribution is 2.36. The third-order valence-corrected chi connectivity index (χ3v) is 4.06. The molecule has 8 heteroatoms. The Balaban J connectivity index is 2.06. The zero-order chi connectivity index (χ0) is 20.0. The van der Waals surface area contributed by atoms with Gasteiger partial charge in [0.1, 0.15) is 5.75 Å². The minimum atomic E-state index is -0.372. The molecular formula is C19H21ClN2O5. The molecule has 0 bridgehead atoms. The number of hydrogen-bond donors (Lipinski definition) is 1. The summed E-state index contributed by atoms with van der Waals surface area (Å²) in [6.45, 7) is -0.128. The quantitative estimate of drug-likeness (QED) is 0.783. The Morgan fingerprint density at radius 1 is 1.04 bits per heavy atom. The second-order valence-corrected chi connectivity index (χ2v) is 6.04. The number of carbonyl (C=O) groups is 2. The van der Waals surface area contributed by atoms with Gasteiger partial charge in [-0.25, -0.2) is 0 Å². The maximum atomic E-state index is 12.6. The van der Waals surface area contributed by atoms with Gasteiger partial charge >= 0.3 is 0 Å². The number of hydrogen-bond acceptors (Lipinski definition) is 5. The van der Waals surface area contributed by atoms with Crippen molar-refractivity contribution in [2.75, 3.05) is 40.2 Å². The molecule has 0 heterocycles. The summed E-state index contributed by atoms with van der Waals surface area (Å²) in [6.07, 6.45) is 0. The third kappa shape index (κ3) is 5.04. The highest BCUT2D eigenvalue weighted by atomic mass is 35.5. The number of carbonyl (C=O) groups excluding carboxylic acids is 2. The second kappa shape index (κ2) is 9.14. The van der Waals surface area contributed by atoms with Crippen LogP contribution < -0.4 is 19.5 Å². The number of nitrogens with one attached hydrogen (secondary N) is 1. The summed E-state index contributed by atoms with van der Waals surface area (Å²) >= 11 is 6.13. The summed E-state index contributed by atoms with van der Waals surface area (Å²) in [7, 11) is 6.00. The topological polar surface area (TPSA) is 77.1 Å². The molecular weight excluding hydrogens is 372 g/mol. The van der Waals surface area contributed by atoms with Crippen LogP contribution in [0.25, 0.3) is 0 Å². The molecule has 0 aliphatic carbocycles. The van der Waals surface area contributed by atoms with Crippen LogP contribution in [-0.4, -0.2) is 51.6 Å². The van der Waals surface area contributed by atoms with Gasteiger partial charge < -0.3 is 24.4 Å². The zero-order valence-electron chi connectivity index (χ0n) is 15.5. The lowest BCUT2D eigenvalue weighted by Gasteiger charge is -2.18. The Hall–Kier alpha value is -2.93. The number of likely N-dealkylation sites (N-methyl/N-ethyl adjacent to an activating group) is 1. The monoisotopic (exact) mass is 392 g/mol. The Kier molecular flexibility index (Phi) is 6.90. The SMILES string of the molecule is COc1ccc(NC(=O)CN(C)C(=O)c2cc(Cl)c(OC)c(OC)c2)cc1. The van der Waals surface area contributed by atoms with Crippen LogP contribution in [0.1, 0.15) is 10.4 Å². The fourth-order valence-corrected chi connectivity index (χ4v) is 2.71. The van der Waals surface area contributed by atoms with E-state index in [2.05, 4.69) is 5.32 Å². The van der Waals surface area contributed by atoms with Crippen LogP contribution in [-0.2, 0) is 4.79 Å². The van der Waals surface area contributed by atoms with Crippen molar-refractivity contribution >= 4 is 29.1 Å². The van der Waals surface area contributed by atoms with Gasteiger partial charge in [0.2, 0.25) is 5.91 Å². The minimum absolute atomic E-state index is 0.128. The Labute approximate surface area is 162 Å². The van der Waals surface area contributed by atoms with Gasteiger partial charge in [0.25, 0.3) is 5.91 Å². The number of benzene rings is 2. The first-order valence-electron chi connectivity index (χ1n) is 8.00. The number of anilines is 1. The third-order valence-electron chi connectivity index (χ3n) is 3.78. The summed E-state index contributed by atoms with van der Waals surface area (Å²) in [5, 5.41) is 2.97. The van der Waals surface area contributed by atoms with Gasteiger partial charge in [-0.2, -0.15) is 0 Å². The molecule has 1 N–H and O–H groups in total. The molecule has 2 aromatic carbocycles. The van der Waals surface area contributed by atoms with Crippen molar-refractivity contribution in [2.24, 2.45) is 0 Å². The first-order chi connectivity index (χ1) is 12.9. The number of halogens is 1. The number of rotatable bonds is 7. The van der Waals surface area contributed by atoms with Crippen molar-refractivity contribution in [3.05, 3.63) is 47.0 Å². The van der Waals surface area contributed by atoms with Crippen molar-refractivity contribution in [3.63, 3.8) is 0 Å². The van der Waals surface area contributed by atoms with Crippen molar-refractivity contribution < 1.29 is 23.8 Å². The van der Waals surface area contributed by atoms with Crippen molar-refractivity contribution in [1.82, 2.24) is 4.90 Å². The normalized spacial score (nSPS) is 10.1. The van der Waals surface area contributed by atoms with Gasteiger partial charge in [0.05, 0.1) is 32.9 Å². The number of methoxy groups -OCH3 is 3. The van der Waals surface area contributed by atoms with Gasteiger partial charge in [-0.3, -0.25) is 9.59 Å². The van der Waals surface area contributed by atoms with E-state index < -0.39 is 0 Å². The van der Waals surface area contributed by atoms with E-state index in [0.717, 1.165) is 0 Å². The Bertz CT molecular complexity index is 824. The van der Waals surface area contributed by atoms with Gasteiger partial charge in [-0.15, -0.1) is 0 Å². The number of nitrogens with zero attached hydrogens (tertiary/aromatic N) is 1. The molecule has 2 aromatic rings. The Morgan fingerprint density at radius 2 is 1.70 bits per heavy atom. The van der Waals surface area contributed by atoms with Crippen LogP contribution in [0.5, 0.6) is 17.2 Å². The standard InChI is InChI=1S/C19H21ClN2O5/c1-22(11-17(23)21-13-5-7-14(25-2)8-6-13)19(24)12-9-15(20)18(27-4)16(10-12)26-3/h5-10H,11H2,1-4H3,(H,21,23). The molecule has 144 valence electrons. The second-order valence-electron chi connectivity index (χ2n) is 5.63. The maximum Gasteiger partial charge on any atom is 0.254 e. The molecule has 0 spiro atoms. The van der Waals surface area contributed by atoms with Crippen LogP contribution in [0.2, 0.25) is 5.02 Å². The molecule has 2 amide bonds. The zero-order valence-corrected chi connectivity index (χ0v) is 16.3. The van der Waals surface area contributed by atoms with Crippen LogP contribution in [0.15, 0.2) is 36.4 Å². The molecule has 0 aliphatic heterocycles. The molecule has 0 saturated carbocycles. The van der Waals surface area contributed by atoms with Crippen molar-refractivity contribution in [1.29, 1.82) is 0 Å². The Morgan fingerprint density at radius 3 is 2.26 bits per heavy atom. The molecule has 0 unspecified atom stereocenters. The van der Waals surface area contributed by atoms with Crippen LogP contribution in [0.4, 0.5) is 5.69 Å². The predicted molar refractivity (Wildman–Crippen MR) is 103 cm³/mol. The lowest BCUT2D eigenvalue weighted by atomic mass is 10.1. The fraction of sp³-hybridized carbons (Fsp3) is 0.263. The molecule has 2 rings (SSSR count). The van der Waals surface area contributed by atoms with E-state index in [4.69, 9.17) is 25.8 Å². The van der Waals surface area contributed by atoms with Gasteiger partial charge in [-0.1, -0.05) is 11.6 Å². The molecule has 0 fully saturated rings. The summed E-state index contributed by atoms with van der Waals surface area (Å²) in [6, 6.07) is 9.89. The maximum absolute atomic E-state index is 12.6. The highest BCUT2D eigenvalue weighted by Gasteiger charge is 2.19. The van der Waals surface area contributed by atoms with E-state index in [-0.39, 0.29) is 28.9 Å². The first kappa shape index (κ1) is 20.4. The molecule has 0 atom stereocenters. The average Bonchev–Trinajstić information content (AvgIpc) is 2.67. The van der Waals surface area contributed by atoms with Crippen LogP contribution in [0.3, 0.4) is 0 Å². The minimum Gasteiger partial charge on any atom is -0.497 e. The lowest BCUT2D eigenvalue weighted by Crippen LogP contribution is -2.35. The van der Waals surface area contributed by atoms with E-state index in [9.17, 15) is 9.59 Å². The summed E-state index contributed by atoms with van der Waals surface area (Å²) in [5.74, 6) is 0.663. The molecule has 0 saturated heterocycles. The van der Waals surface area contributed by atoms with E-state index >= 15 is 0 Å². The van der Waals surface area contributed by atoms with E-state index in [0.29, 0.717) is 22.9 Å². The van der Waals surface area contributed by atoms with E-state index in [1.807, 2.05) is 0 Å². The molecule has 0 aliphatic rings. The number of ether oxygens (including phenoxy) is 3.